The third-order valence-electron chi connectivity index (χ3n) is 2.50. The number of hydrogen-bond acceptors (Lipinski definition) is 4. The Balaban J connectivity index is 2.43. The van der Waals surface area contributed by atoms with Gasteiger partial charge in [-0.15, -0.1) is 0 Å². The Morgan fingerprint density at radius 1 is 1.16 bits per heavy atom. The maximum Gasteiger partial charge on any atom is 0.252 e. The third-order valence-corrected chi connectivity index (χ3v) is 2.50. The number of para-hydroxylation sites is 1. The van der Waals surface area contributed by atoms with Crippen LogP contribution in [0.3, 0.4) is 0 Å². The zero-order chi connectivity index (χ0) is 13.8. The minimum absolute atomic E-state index is 0.253. The fourth-order valence-electron chi connectivity index (χ4n) is 1.60. The molecule has 0 aromatic heterocycles. The molecule has 0 saturated heterocycles. The van der Waals surface area contributed by atoms with Crippen LogP contribution in [-0.2, 0) is 0 Å². The number of nitrogens with two attached hydrogens (primary N) is 2. The first-order valence-electron chi connectivity index (χ1n) is 5.48. The summed E-state index contributed by atoms with van der Waals surface area (Å²) in [5, 5.41) is 9.02. The van der Waals surface area contributed by atoms with Crippen molar-refractivity contribution >= 4 is 11.6 Å². The Morgan fingerprint density at radius 3 is 2.58 bits per heavy atom. The molecular weight excluding hydrogens is 242 g/mol. The van der Waals surface area contributed by atoms with Crippen molar-refractivity contribution in [1.82, 2.24) is 0 Å². The summed E-state index contributed by atoms with van der Waals surface area (Å²) in [4.78, 5) is 11.3. The predicted octanol–water partition coefficient (Wildman–Crippen LogP) is 2.03. The van der Waals surface area contributed by atoms with Crippen molar-refractivity contribution in [1.29, 1.82) is 5.26 Å². The highest BCUT2D eigenvalue weighted by Crippen LogP contribution is 2.28. The highest BCUT2D eigenvalue weighted by atomic mass is 16.5. The molecule has 5 heteroatoms. The van der Waals surface area contributed by atoms with E-state index in [2.05, 4.69) is 0 Å². The summed E-state index contributed by atoms with van der Waals surface area (Å²) >= 11 is 0. The van der Waals surface area contributed by atoms with Gasteiger partial charge < -0.3 is 16.2 Å². The fourth-order valence-corrected chi connectivity index (χ4v) is 1.60. The largest absolute Gasteiger partial charge is 0.455 e. The van der Waals surface area contributed by atoms with Crippen LogP contribution < -0.4 is 16.2 Å². The number of nitrogen functional groups attached to an aromatic ring is 1. The number of nitrogens with zero attached hydrogens (tertiary/aromatic N) is 1. The molecule has 2 aromatic carbocycles. The van der Waals surface area contributed by atoms with Gasteiger partial charge >= 0.3 is 0 Å². The highest BCUT2D eigenvalue weighted by molar-refractivity contribution is 5.95. The second kappa shape index (κ2) is 5.10. The predicted molar refractivity (Wildman–Crippen MR) is 70.6 cm³/mol. The van der Waals surface area contributed by atoms with Gasteiger partial charge in [0.1, 0.15) is 17.6 Å². The van der Waals surface area contributed by atoms with Gasteiger partial charge in [-0.25, -0.2) is 0 Å². The number of carbonyl (C=O) groups excluding carboxylic acids is 1. The van der Waals surface area contributed by atoms with Crippen molar-refractivity contribution in [3.63, 3.8) is 0 Å². The lowest BCUT2D eigenvalue weighted by molar-refractivity contribution is 0.0998. The van der Waals surface area contributed by atoms with E-state index in [0.717, 1.165) is 0 Å². The van der Waals surface area contributed by atoms with Crippen molar-refractivity contribution < 1.29 is 9.53 Å². The molecule has 0 aliphatic carbocycles. The molecule has 1 amide bonds. The van der Waals surface area contributed by atoms with Gasteiger partial charge in [-0.1, -0.05) is 12.1 Å². The Hall–Kier alpha value is -3.00. The Labute approximate surface area is 110 Å². The molecule has 94 valence electrons. The minimum Gasteiger partial charge on any atom is -0.455 e. The van der Waals surface area contributed by atoms with Crippen LogP contribution in [0.4, 0.5) is 5.69 Å². The van der Waals surface area contributed by atoms with Crippen molar-refractivity contribution in [3.05, 3.63) is 53.6 Å². The Kier molecular flexibility index (Phi) is 3.35. The summed E-state index contributed by atoms with van der Waals surface area (Å²) in [6, 6.07) is 13.2. The molecule has 0 unspecified atom stereocenters. The lowest BCUT2D eigenvalue weighted by Gasteiger charge is -2.10. The van der Waals surface area contributed by atoms with Crippen molar-refractivity contribution in [3.8, 4) is 17.6 Å². The fraction of sp³-hybridized carbons (Fsp3) is 0. The number of anilines is 1. The van der Waals surface area contributed by atoms with E-state index in [-0.39, 0.29) is 5.56 Å². The smallest absolute Gasteiger partial charge is 0.252 e. The van der Waals surface area contributed by atoms with E-state index in [0.29, 0.717) is 22.7 Å². The zero-order valence-corrected chi connectivity index (χ0v) is 9.96. The second-order valence-electron chi connectivity index (χ2n) is 3.83. The van der Waals surface area contributed by atoms with Crippen LogP contribution >= 0.6 is 0 Å². The summed E-state index contributed by atoms with van der Waals surface area (Å²) < 4.78 is 5.57. The van der Waals surface area contributed by atoms with Crippen LogP contribution in [0.5, 0.6) is 11.5 Å². The van der Waals surface area contributed by atoms with Crippen LogP contribution in [-0.4, -0.2) is 5.91 Å². The van der Waals surface area contributed by atoms with E-state index in [1.54, 1.807) is 36.4 Å². The van der Waals surface area contributed by atoms with Gasteiger partial charge in [-0.05, 0) is 30.3 Å². The van der Waals surface area contributed by atoms with E-state index in [1.165, 1.54) is 6.07 Å². The van der Waals surface area contributed by atoms with Gasteiger partial charge in [0.15, 0.2) is 0 Å². The molecule has 2 rings (SSSR count). The molecule has 0 aliphatic heterocycles. The number of hydrogen-bond donors (Lipinski definition) is 2. The molecule has 0 atom stereocenters. The molecule has 0 radical (unpaired) electrons. The first-order valence-corrected chi connectivity index (χ1v) is 5.48. The van der Waals surface area contributed by atoms with Crippen LogP contribution in [0.25, 0.3) is 0 Å². The maximum absolute atomic E-state index is 11.3. The second-order valence-corrected chi connectivity index (χ2v) is 3.83. The van der Waals surface area contributed by atoms with Crippen LogP contribution in [0.2, 0.25) is 0 Å². The number of rotatable bonds is 3. The molecule has 0 saturated carbocycles. The van der Waals surface area contributed by atoms with Gasteiger partial charge in [0.05, 0.1) is 11.1 Å². The monoisotopic (exact) mass is 253 g/mol. The summed E-state index contributed by atoms with van der Waals surface area (Å²) in [5.41, 5.74) is 11.9. The first-order chi connectivity index (χ1) is 9.11. The summed E-state index contributed by atoms with van der Waals surface area (Å²) in [7, 11) is 0. The van der Waals surface area contributed by atoms with Crippen molar-refractivity contribution in [2.75, 3.05) is 5.73 Å². The molecule has 0 aliphatic rings. The van der Waals surface area contributed by atoms with Crippen LogP contribution in [0.1, 0.15) is 15.9 Å². The molecule has 5 nitrogen and oxygen atoms in total. The molecule has 0 bridgehead atoms. The topological polar surface area (TPSA) is 102 Å². The van der Waals surface area contributed by atoms with E-state index in [4.69, 9.17) is 21.5 Å². The molecular formula is C14H11N3O2. The number of primary amides is 1. The quantitative estimate of drug-likeness (QED) is 0.817. The molecule has 0 spiro atoms. The van der Waals surface area contributed by atoms with Crippen LogP contribution in [0.15, 0.2) is 42.5 Å². The standard InChI is InChI=1S/C14H11N3O2/c15-8-9-7-10(16)5-6-12(9)19-13-4-2-1-3-11(13)14(17)18/h1-7H,16H2,(H2,17,18). The minimum atomic E-state index is -0.593. The maximum atomic E-state index is 11.3. The Bertz CT molecular complexity index is 675. The number of amides is 1. The van der Waals surface area contributed by atoms with E-state index >= 15 is 0 Å². The molecule has 0 heterocycles. The number of benzene rings is 2. The molecule has 19 heavy (non-hydrogen) atoms. The summed E-state index contributed by atoms with van der Waals surface area (Å²) in [6.45, 7) is 0. The molecule has 4 N–H and O–H groups in total. The number of ether oxygens (including phenoxy) is 1. The van der Waals surface area contributed by atoms with Gasteiger partial charge in [0.25, 0.3) is 5.91 Å². The highest BCUT2D eigenvalue weighted by Gasteiger charge is 2.11. The average molecular weight is 253 g/mol. The van der Waals surface area contributed by atoms with Gasteiger partial charge in [-0.2, -0.15) is 5.26 Å². The Morgan fingerprint density at radius 2 is 1.89 bits per heavy atom. The lowest BCUT2D eigenvalue weighted by Crippen LogP contribution is -2.12. The van der Waals surface area contributed by atoms with Gasteiger partial charge in [-0.3, -0.25) is 4.79 Å². The summed E-state index contributed by atoms with van der Waals surface area (Å²) in [6.07, 6.45) is 0. The lowest BCUT2D eigenvalue weighted by atomic mass is 10.1. The van der Waals surface area contributed by atoms with Crippen molar-refractivity contribution in [2.24, 2.45) is 5.73 Å². The zero-order valence-electron chi connectivity index (χ0n) is 9.96. The van der Waals surface area contributed by atoms with E-state index in [1.807, 2.05) is 6.07 Å². The SMILES string of the molecule is N#Cc1cc(N)ccc1Oc1ccccc1C(N)=O. The normalized spacial score (nSPS) is 9.63. The van der Waals surface area contributed by atoms with Crippen molar-refractivity contribution in [2.45, 2.75) is 0 Å². The summed E-state index contributed by atoms with van der Waals surface area (Å²) in [5.74, 6) is 0.0335. The van der Waals surface area contributed by atoms with Gasteiger partial charge in [0.2, 0.25) is 0 Å². The van der Waals surface area contributed by atoms with E-state index in [9.17, 15) is 4.79 Å². The molecule has 0 fully saturated rings. The van der Waals surface area contributed by atoms with Gasteiger partial charge in [0, 0.05) is 5.69 Å². The number of carbonyl (C=O) groups is 1. The average Bonchev–Trinajstić information content (AvgIpc) is 2.41. The number of nitriles is 1. The third kappa shape index (κ3) is 2.64. The first kappa shape index (κ1) is 12.5. The molecule has 2 aromatic rings. The van der Waals surface area contributed by atoms with Crippen LogP contribution in [0, 0.1) is 11.3 Å². The van der Waals surface area contributed by atoms with E-state index < -0.39 is 5.91 Å².